The van der Waals surface area contributed by atoms with E-state index in [1.165, 1.54) is 6.92 Å². The molecule has 2 aromatic rings. The van der Waals surface area contributed by atoms with E-state index in [0.717, 1.165) is 10.5 Å². The zero-order chi connectivity index (χ0) is 25.5. The van der Waals surface area contributed by atoms with Crippen molar-refractivity contribution in [3.05, 3.63) is 64.7 Å². The van der Waals surface area contributed by atoms with E-state index in [-0.39, 0.29) is 6.54 Å². The molecule has 34 heavy (non-hydrogen) atoms. The van der Waals surface area contributed by atoms with Gasteiger partial charge in [0.05, 0.1) is 16.8 Å². The molecule has 0 bridgehead atoms. The van der Waals surface area contributed by atoms with Crippen molar-refractivity contribution >= 4 is 35.2 Å². The van der Waals surface area contributed by atoms with Crippen LogP contribution in [0.2, 0.25) is 5.02 Å². The van der Waals surface area contributed by atoms with E-state index >= 15 is 0 Å². The minimum absolute atomic E-state index is 0.346. The highest BCUT2D eigenvalue weighted by Gasteiger charge is 2.35. The lowest BCUT2D eigenvalue weighted by atomic mass is 10.0. The van der Waals surface area contributed by atoms with Crippen LogP contribution in [0.15, 0.2) is 48.5 Å². The standard InChI is InChI=1S/C25H29ClN4O4/c1-16-10-9-13-19(26)20(16)29-22(31)21(18-11-7-6-8-12-18)30(15-14-27)23(32)17(2)28-24(33)34-25(3,4)5/h6-13,17,21H,15H2,1-5H3,(H,28,33)(H,29,31). The lowest BCUT2D eigenvalue weighted by molar-refractivity contribution is -0.139. The van der Waals surface area contributed by atoms with E-state index in [4.69, 9.17) is 16.3 Å². The third-order valence-electron chi connectivity index (χ3n) is 4.77. The topological polar surface area (TPSA) is 112 Å². The maximum Gasteiger partial charge on any atom is 0.408 e. The minimum Gasteiger partial charge on any atom is -0.444 e. The van der Waals surface area contributed by atoms with Gasteiger partial charge in [0.25, 0.3) is 5.91 Å². The van der Waals surface area contributed by atoms with Gasteiger partial charge < -0.3 is 20.3 Å². The normalized spacial score (nSPS) is 12.6. The van der Waals surface area contributed by atoms with Crippen molar-refractivity contribution in [3.63, 3.8) is 0 Å². The largest absolute Gasteiger partial charge is 0.444 e. The van der Waals surface area contributed by atoms with Gasteiger partial charge in [-0.25, -0.2) is 4.79 Å². The Hall–Kier alpha value is -3.57. The van der Waals surface area contributed by atoms with E-state index in [1.807, 2.05) is 6.07 Å². The van der Waals surface area contributed by atoms with Crippen molar-refractivity contribution in [1.82, 2.24) is 10.2 Å². The Morgan fingerprint density at radius 1 is 1.12 bits per heavy atom. The molecule has 0 fully saturated rings. The molecular formula is C25H29ClN4O4. The van der Waals surface area contributed by atoms with Crippen LogP contribution in [0, 0.1) is 18.3 Å². The fraction of sp³-hybridized carbons (Fsp3) is 0.360. The predicted molar refractivity (Wildman–Crippen MR) is 130 cm³/mol. The lowest BCUT2D eigenvalue weighted by Gasteiger charge is -2.32. The smallest absolute Gasteiger partial charge is 0.408 e. The summed E-state index contributed by atoms with van der Waals surface area (Å²) in [7, 11) is 0. The molecule has 0 saturated heterocycles. The molecule has 0 aromatic heterocycles. The molecule has 2 unspecified atom stereocenters. The third kappa shape index (κ3) is 7.22. The van der Waals surface area contributed by atoms with Crippen molar-refractivity contribution in [1.29, 1.82) is 5.26 Å². The van der Waals surface area contributed by atoms with Crippen LogP contribution in [0.3, 0.4) is 0 Å². The van der Waals surface area contributed by atoms with E-state index < -0.39 is 35.6 Å². The molecule has 0 aliphatic rings. The number of nitriles is 1. The Balaban J connectivity index is 2.40. The van der Waals surface area contributed by atoms with Gasteiger partial charge >= 0.3 is 6.09 Å². The summed E-state index contributed by atoms with van der Waals surface area (Å²) in [6.45, 7) is 7.99. The van der Waals surface area contributed by atoms with Gasteiger partial charge in [-0.2, -0.15) is 5.26 Å². The van der Waals surface area contributed by atoms with Crippen LogP contribution >= 0.6 is 11.6 Å². The molecule has 2 atom stereocenters. The Kier molecular flexibility index (Phi) is 9.04. The SMILES string of the molecule is Cc1cccc(Cl)c1NC(=O)C(c1ccccc1)N(CC#N)C(=O)C(C)NC(=O)OC(C)(C)C. The second-order valence-electron chi connectivity index (χ2n) is 8.73. The van der Waals surface area contributed by atoms with E-state index in [0.29, 0.717) is 16.3 Å². The van der Waals surface area contributed by atoms with Crippen LogP contribution in [0.1, 0.15) is 44.9 Å². The summed E-state index contributed by atoms with van der Waals surface area (Å²) in [5.74, 6) is -1.16. The molecular weight excluding hydrogens is 456 g/mol. The van der Waals surface area contributed by atoms with Gasteiger partial charge in [-0.3, -0.25) is 9.59 Å². The van der Waals surface area contributed by atoms with Crippen LogP contribution in [0.25, 0.3) is 0 Å². The summed E-state index contributed by atoms with van der Waals surface area (Å²) in [4.78, 5) is 40.1. The molecule has 180 valence electrons. The molecule has 0 saturated carbocycles. The molecule has 0 aliphatic heterocycles. The number of nitrogens with one attached hydrogen (secondary N) is 2. The summed E-state index contributed by atoms with van der Waals surface area (Å²) in [6.07, 6.45) is -0.780. The number of benzene rings is 2. The molecule has 0 radical (unpaired) electrons. The van der Waals surface area contributed by atoms with Gasteiger partial charge in [-0.1, -0.05) is 54.1 Å². The number of rotatable bonds is 7. The average molecular weight is 485 g/mol. The van der Waals surface area contributed by atoms with Gasteiger partial charge in [0.2, 0.25) is 5.91 Å². The summed E-state index contributed by atoms with van der Waals surface area (Å²) in [6, 6.07) is 13.6. The second-order valence-corrected chi connectivity index (χ2v) is 9.13. The number of halogens is 1. The number of ether oxygens (including phenoxy) is 1. The number of amides is 3. The molecule has 3 amide bonds. The fourth-order valence-electron chi connectivity index (χ4n) is 3.26. The number of para-hydroxylation sites is 1. The number of hydrogen-bond donors (Lipinski definition) is 2. The van der Waals surface area contributed by atoms with Crippen molar-refractivity contribution in [2.45, 2.75) is 52.3 Å². The van der Waals surface area contributed by atoms with Crippen LogP contribution in [-0.2, 0) is 14.3 Å². The van der Waals surface area contributed by atoms with Crippen molar-refractivity contribution in [2.24, 2.45) is 0 Å². The monoisotopic (exact) mass is 484 g/mol. The number of carbonyl (C=O) groups is 3. The number of hydrogen-bond acceptors (Lipinski definition) is 5. The average Bonchev–Trinajstić information content (AvgIpc) is 2.75. The number of aryl methyl sites for hydroxylation is 1. The Labute approximate surface area is 204 Å². The summed E-state index contributed by atoms with van der Waals surface area (Å²) in [5.41, 5.74) is 0.904. The first-order chi connectivity index (χ1) is 15.9. The first-order valence-corrected chi connectivity index (χ1v) is 11.1. The second kappa shape index (κ2) is 11.5. The van der Waals surface area contributed by atoms with E-state index in [1.54, 1.807) is 76.2 Å². The van der Waals surface area contributed by atoms with Crippen molar-refractivity contribution in [2.75, 3.05) is 11.9 Å². The fourth-order valence-corrected chi connectivity index (χ4v) is 3.53. The Morgan fingerprint density at radius 3 is 2.32 bits per heavy atom. The highest BCUT2D eigenvalue weighted by Crippen LogP contribution is 2.29. The van der Waals surface area contributed by atoms with Gasteiger partial charge in [0.15, 0.2) is 0 Å². The number of nitrogens with zero attached hydrogens (tertiary/aromatic N) is 2. The number of alkyl carbamates (subject to hydrolysis) is 1. The summed E-state index contributed by atoms with van der Waals surface area (Å²) >= 11 is 6.28. The molecule has 0 spiro atoms. The zero-order valence-corrected chi connectivity index (χ0v) is 20.6. The number of carbonyl (C=O) groups excluding carboxylic acids is 3. The Morgan fingerprint density at radius 2 is 1.76 bits per heavy atom. The first kappa shape index (κ1) is 26.7. The summed E-state index contributed by atoms with van der Waals surface area (Å²) in [5, 5.41) is 15.1. The zero-order valence-electron chi connectivity index (χ0n) is 19.9. The first-order valence-electron chi connectivity index (χ1n) is 10.7. The third-order valence-corrected chi connectivity index (χ3v) is 5.09. The van der Waals surface area contributed by atoms with Gasteiger partial charge in [-0.15, -0.1) is 0 Å². The van der Waals surface area contributed by atoms with E-state index in [2.05, 4.69) is 10.6 Å². The number of anilines is 1. The highest BCUT2D eigenvalue weighted by atomic mass is 35.5. The van der Waals surface area contributed by atoms with Crippen LogP contribution in [0.5, 0.6) is 0 Å². The molecule has 2 aromatic carbocycles. The predicted octanol–water partition coefficient (Wildman–Crippen LogP) is 4.59. The maximum absolute atomic E-state index is 13.5. The lowest BCUT2D eigenvalue weighted by Crippen LogP contribution is -2.51. The quantitative estimate of drug-likeness (QED) is 0.558. The Bertz CT molecular complexity index is 1060. The van der Waals surface area contributed by atoms with E-state index in [9.17, 15) is 19.6 Å². The van der Waals surface area contributed by atoms with Crippen LogP contribution < -0.4 is 10.6 Å². The van der Waals surface area contributed by atoms with Crippen molar-refractivity contribution < 1.29 is 19.1 Å². The molecule has 0 heterocycles. The molecule has 9 heteroatoms. The molecule has 8 nitrogen and oxygen atoms in total. The van der Waals surface area contributed by atoms with Crippen molar-refractivity contribution in [3.8, 4) is 6.07 Å². The van der Waals surface area contributed by atoms with Gasteiger partial charge in [0, 0.05) is 0 Å². The minimum atomic E-state index is -1.15. The van der Waals surface area contributed by atoms with Crippen LogP contribution in [-0.4, -0.2) is 41.0 Å². The van der Waals surface area contributed by atoms with Gasteiger partial charge in [-0.05, 0) is 51.8 Å². The van der Waals surface area contributed by atoms with Crippen LogP contribution in [0.4, 0.5) is 10.5 Å². The molecule has 0 aliphatic carbocycles. The highest BCUT2D eigenvalue weighted by molar-refractivity contribution is 6.34. The molecule has 2 N–H and O–H groups in total. The maximum atomic E-state index is 13.5. The summed E-state index contributed by atoms with van der Waals surface area (Å²) < 4.78 is 5.22. The molecule has 2 rings (SSSR count). The van der Waals surface area contributed by atoms with Gasteiger partial charge in [0.1, 0.15) is 24.2 Å².